The van der Waals surface area contributed by atoms with Crippen LogP contribution in [0.1, 0.15) is 13.8 Å². The van der Waals surface area contributed by atoms with Crippen molar-refractivity contribution in [1.82, 2.24) is 0 Å². The highest BCUT2D eigenvalue weighted by molar-refractivity contribution is 5.43. The van der Waals surface area contributed by atoms with Crippen LogP contribution in [-0.4, -0.2) is 43.7 Å². The molecule has 0 radical (unpaired) electrons. The Balaban J connectivity index is 2.16. The highest BCUT2D eigenvalue weighted by Gasteiger charge is 2.06. The van der Waals surface area contributed by atoms with Crippen LogP contribution in [0.15, 0.2) is 18.2 Å². The number of aliphatic hydroxyl groups is 1. The molecule has 6 heteroatoms. The summed E-state index contributed by atoms with van der Waals surface area (Å²) in [6, 6.07) is 3.48. The smallest absolute Gasteiger partial charge is 0.160 e. The molecule has 0 aliphatic heterocycles. The van der Waals surface area contributed by atoms with Crippen LogP contribution in [0.2, 0.25) is 0 Å². The molecular formula is C14H21F2NO3. The Morgan fingerprint density at radius 1 is 1.20 bits per heavy atom. The second kappa shape index (κ2) is 8.84. The van der Waals surface area contributed by atoms with E-state index < -0.39 is 17.7 Å². The maximum absolute atomic E-state index is 12.9. The van der Waals surface area contributed by atoms with Crippen LogP contribution in [0.3, 0.4) is 0 Å². The topological polar surface area (TPSA) is 50.7 Å². The van der Waals surface area contributed by atoms with E-state index in [2.05, 4.69) is 5.32 Å². The van der Waals surface area contributed by atoms with E-state index in [1.165, 1.54) is 6.07 Å². The van der Waals surface area contributed by atoms with E-state index in [9.17, 15) is 13.9 Å². The molecule has 0 aromatic heterocycles. The highest BCUT2D eigenvalue weighted by Crippen LogP contribution is 2.12. The van der Waals surface area contributed by atoms with E-state index in [1.54, 1.807) is 0 Å². The van der Waals surface area contributed by atoms with Crippen LogP contribution in [0.4, 0.5) is 14.5 Å². The summed E-state index contributed by atoms with van der Waals surface area (Å²) in [5, 5.41) is 12.5. The summed E-state index contributed by atoms with van der Waals surface area (Å²) in [6.07, 6.45) is -0.583. The maximum atomic E-state index is 12.9. The molecule has 114 valence electrons. The molecule has 2 N–H and O–H groups in total. The minimum absolute atomic E-state index is 0.151. The van der Waals surface area contributed by atoms with Gasteiger partial charge in [-0.15, -0.1) is 0 Å². The van der Waals surface area contributed by atoms with Crippen molar-refractivity contribution in [2.75, 3.05) is 31.7 Å². The Bertz CT molecular complexity index is 402. The number of anilines is 1. The quantitative estimate of drug-likeness (QED) is 0.684. The van der Waals surface area contributed by atoms with Gasteiger partial charge >= 0.3 is 0 Å². The van der Waals surface area contributed by atoms with Gasteiger partial charge in [-0.1, -0.05) is 0 Å². The second-order valence-electron chi connectivity index (χ2n) is 4.66. The van der Waals surface area contributed by atoms with Gasteiger partial charge in [-0.2, -0.15) is 0 Å². The van der Waals surface area contributed by atoms with E-state index in [-0.39, 0.29) is 19.3 Å². The van der Waals surface area contributed by atoms with Crippen LogP contribution in [-0.2, 0) is 9.47 Å². The van der Waals surface area contributed by atoms with Crippen LogP contribution >= 0.6 is 0 Å². The molecule has 0 aliphatic carbocycles. The van der Waals surface area contributed by atoms with Crippen LogP contribution < -0.4 is 5.32 Å². The van der Waals surface area contributed by atoms with Gasteiger partial charge in [0.1, 0.15) is 0 Å². The fraction of sp³-hybridized carbons (Fsp3) is 0.571. The number of aliphatic hydroxyl groups excluding tert-OH is 1. The number of rotatable bonds is 9. The molecule has 1 rings (SSSR count). The van der Waals surface area contributed by atoms with Crippen molar-refractivity contribution >= 4 is 5.69 Å². The summed E-state index contributed by atoms with van der Waals surface area (Å²) in [6.45, 7) is 5.08. The zero-order valence-corrected chi connectivity index (χ0v) is 11.7. The largest absolute Gasteiger partial charge is 0.389 e. The standard InChI is InChI=1S/C14H21F2NO3/c1-10(2)20-6-5-19-9-12(18)8-17-11-3-4-13(15)14(16)7-11/h3-4,7,10,12,17-18H,5-6,8-9H2,1-2H3. The van der Waals surface area contributed by atoms with Crippen molar-refractivity contribution in [3.63, 3.8) is 0 Å². The Kier molecular flexibility index (Phi) is 7.43. The molecule has 0 saturated carbocycles. The minimum Gasteiger partial charge on any atom is -0.389 e. The van der Waals surface area contributed by atoms with E-state index in [1.807, 2.05) is 13.8 Å². The summed E-state index contributed by atoms with van der Waals surface area (Å²) in [5.41, 5.74) is 0.408. The lowest BCUT2D eigenvalue weighted by Gasteiger charge is -2.14. The Morgan fingerprint density at radius 2 is 1.95 bits per heavy atom. The maximum Gasteiger partial charge on any atom is 0.160 e. The fourth-order valence-corrected chi connectivity index (χ4v) is 1.46. The Morgan fingerprint density at radius 3 is 2.60 bits per heavy atom. The van der Waals surface area contributed by atoms with Crippen LogP contribution in [0, 0.1) is 11.6 Å². The van der Waals surface area contributed by atoms with E-state index >= 15 is 0 Å². The van der Waals surface area contributed by atoms with Gasteiger partial charge in [0.2, 0.25) is 0 Å². The zero-order chi connectivity index (χ0) is 15.0. The van der Waals surface area contributed by atoms with Crippen LogP contribution in [0.5, 0.6) is 0 Å². The van der Waals surface area contributed by atoms with Gasteiger partial charge in [0, 0.05) is 18.3 Å². The van der Waals surface area contributed by atoms with Gasteiger partial charge in [-0.05, 0) is 26.0 Å². The summed E-state index contributed by atoms with van der Waals surface area (Å²) in [5.74, 6) is -1.82. The SMILES string of the molecule is CC(C)OCCOCC(O)CNc1ccc(F)c(F)c1. The third-order valence-electron chi connectivity index (χ3n) is 2.45. The molecule has 0 bridgehead atoms. The summed E-state index contributed by atoms with van der Waals surface area (Å²) >= 11 is 0. The predicted molar refractivity (Wildman–Crippen MR) is 72.8 cm³/mol. The predicted octanol–water partition coefficient (Wildman–Crippen LogP) is 2.18. The average molecular weight is 289 g/mol. The lowest BCUT2D eigenvalue weighted by atomic mass is 10.3. The van der Waals surface area contributed by atoms with E-state index in [4.69, 9.17) is 9.47 Å². The number of hydrogen-bond acceptors (Lipinski definition) is 4. The number of nitrogens with one attached hydrogen (secondary N) is 1. The molecule has 0 spiro atoms. The number of benzene rings is 1. The molecule has 20 heavy (non-hydrogen) atoms. The lowest BCUT2D eigenvalue weighted by molar-refractivity contribution is -0.00734. The van der Waals surface area contributed by atoms with Gasteiger partial charge in [-0.3, -0.25) is 0 Å². The first kappa shape index (κ1) is 16.8. The number of ether oxygens (including phenoxy) is 2. The highest BCUT2D eigenvalue weighted by atomic mass is 19.2. The summed E-state index contributed by atoms with van der Waals surface area (Å²) in [7, 11) is 0. The van der Waals surface area contributed by atoms with E-state index in [0.29, 0.717) is 18.9 Å². The van der Waals surface area contributed by atoms with Crippen molar-refractivity contribution in [1.29, 1.82) is 0 Å². The van der Waals surface area contributed by atoms with Crippen molar-refractivity contribution < 1.29 is 23.4 Å². The first-order valence-corrected chi connectivity index (χ1v) is 6.55. The fourth-order valence-electron chi connectivity index (χ4n) is 1.46. The monoisotopic (exact) mass is 289 g/mol. The molecule has 0 heterocycles. The Hall–Kier alpha value is -1.24. The normalized spacial score (nSPS) is 12.7. The molecule has 1 aromatic carbocycles. The molecular weight excluding hydrogens is 268 g/mol. The molecule has 1 atom stereocenters. The van der Waals surface area contributed by atoms with Crippen molar-refractivity contribution in [2.24, 2.45) is 0 Å². The number of halogens is 2. The summed E-state index contributed by atoms with van der Waals surface area (Å²) in [4.78, 5) is 0. The third kappa shape index (κ3) is 6.79. The van der Waals surface area contributed by atoms with Gasteiger partial charge in [-0.25, -0.2) is 8.78 Å². The molecule has 1 unspecified atom stereocenters. The Labute approximate surface area is 117 Å². The van der Waals surface area contributed by atoms with Gasteiger partial charge in [0.05, 0.1) is 32.0 Å². The molecule has 1 aromatic rings. The molecule has 4 nitrogen and oxygen atoms in total. The van der Waals surface area contributed by atoms with Crippen LogP contribution in [0.25, 0.3) is 0 Å². The third-order valence-corrected chi connectivity index (χ3v) is 2.45. The molecule has 0 fully saturated rings. The second-order valence-corrected chi connectivity index (χ2v) is 4.66. The minimum atomic E-state index is -0.924. The van der Waals surface area contributed by atoms with Gasteiger partial charge in [0.25, 0.3) is 0 Å². The van der Waals surface area contributed by atoms with Crippen molar-refractivity contribution in [3.05, 3.63) is 29.8 Å². The van der Waals surface area contributed by atoms with Crippen molar-refractivity contribution in [2.45, 2.75) is 26.1 Å². The molecule has 0 saturated heterocycles. The zero-order valence-electron chi connectivity index (χ0n) is 11.7. The molecule has 0 amide bonds. The first-order chi connectivity index (χ1) is 9.49. The van der Waals surface area contributed by atoms with Crippen molar-refractivity contribution in [3.8, 4) is 0 Å². The van der Waals surface area contributed by atoms with Gasteiger partial charge < -0.3 is 19.9 Å². The van der Waals surface area contributed by atoms with Gasteiger partial charge in [0.15, 0.2) is 11.6 Å². The molecule has 0 aliphatic rings. The summed E-state index contributed by atoms with van der Waals surface area (Å²) < 4.78 is 36.2. The first-order valence-electron chi connectivity index (χ1n) is 6.55. The van der Waals surface area contributed by atoms with E-state index in [0.717, 1.165) is 12.1 Å². The number of hydrogen-bond donors (Lipinski definition) is 2. The lowest BCUT2D eigenvalue weighted by Crippen LogP contribution is -2.26. The average Bonchev–Trinajstić information content (AvgIpc) is 2.39.